The molecule has 2 N–H and O–H groups in total. The Morgan fingerprint density at radius 1 is 1.05 bits per heavy atom. The molecule has 1 aliphatic heterocycles. The molecular formula is C14H25N3O2. The molecule has 0 radical (unpaired) electrons. The van der Waals surface area contributed by atoms with E-state index in [9.17, 15) is 9.59 Å². The highest BCUT2D eigenvalue weighted by Gasteiger charge is 2.32. The largest absolute Gasteiger partial charge is 0.343 e. The fourth-order valence-corrected chi connectivity index (χ4v) is 2.98. The second-order valence-corrected chi connectivity index (χ2v) is 5.97. The molecule has 0 aromatic heterocycles. The van der Waals surface area contributed by atoms with Gasteiger partial charge in [-0.15, -0.1) is 0 Å². The maximum absolute atomic E-state index is 12.2. The lowest BCUT2D eigenvalue weighted by atomic mass is 9.83. The van der Waals surface area contributed by atoms with Gasteiger partial charge in [0.25, 0.3) is 0 Å². The van der Waals surface area contributed by atoms with Crippen molar-refractivity contribution in [3.8, 4) is 0 Å². The van der Waals surface area contributed by atoms with Crippen LogP contribution in [-0.4, -0.2) is 48.4 Å². The Morgan fingerprint density at radius 3 is 2.53 bits per heavy atom. The van der Waals surface area contributed by atoms with Gasteiger partial charge in [0.1, 0.15) is 0 Å². The first-order valence-corrected chi connectivity index (χ1v) is 7.43. The first kappa shape index (κ1) is 14.3. The Morgan fingerprint density at radius 2 is 1.79 bits per heavy atom. The minimum absolute atomic E-state index is 0.185. The van der Waals surface area contributed by atoms with E-state index in [-0.39, 0.29) is 11.4 Å². The predicted octanol–water partition coefficient (Wildman–Crippen LogP) is 0.647. The Labute approximate surface area is 115 Å². The van der Waals surface area contributed by atoms with Gasteiger partial charge in [-0.2, -0.15) is 0 Å². The average molecular weight is 267 g/mol. The lowest BCUT2D eigenvalue weighted by Gasteiger charge is -2.34. The van der Waals surface area contributed by atoms with Crippen molar-refractivity contribution in [1.29, 1.82) is 0 Å². The van der Waals surface area contributed by atoms with Crippen LogP contribution >= 0.6 is 0 Å². The van der Waals surface area contributed by atoms with Gasteiger partial charge in [0, 0.05) is 25.2 Å². The van der Waals surface area contributed by atoms with E-state index in [2.05, 4.69) is 17.6 Å². The van der Waals surface area contributed by atoms with Gasteiger partial charge in [-0.3, -0.25) is 9.59 Å². The van der Waals surface area contributed by atoms with Crippen LogP contribution in [0.2, 0.25) is 0 Å². The molecule has 1 saturated heterocycles. The molecule has 1 heterocycles. The Kier molecular flexibility index (Phi) is 4.80. The summed E-state index contributed by atoms with van der Waals surface area (Å²) < 4.78 is 0. The molecule has 108 valence electrons. The molecule has 0 bridgehead atoms. The van der Waals surface area contributed by atoms with E-state index in [1.54, 1.807) is 4.90 Å². The van der Waals surface area contributed by atoms with Crippen LogP contribution in [0, 0.1) is 0 Å². The molecule has 0 aromatic rings. The molecule has 5 nitrogen and oxygen atoms in total. The van der Waals surface area contributed by atoms with Gasteiger partial charge in [-0.1, -0.05) is 19.3 Å². The molecular weight excluding hydrogens is 242 g/mol. The van der Waals surface area contributed by atoms with Gasteiger partial charge < -0.3 is 15.5 Å². The molecule has 19 heavy (non-hydrogen) atoms. The van der Waals surface area contributed by atoms with E-state index >= 15 is 0 Å². The standard InChI is InChI=1S/C14H25N3O2/c1-14(6-3-2-4-7-14)16-12(18)13(19)17-10-5-8-15-9-11-17/h15H,2-11H2,1H3,(H,16,18). The SMILES string of the molecule is CC1(NC(=O)C(=O)N2CCCNCC2)CCCCC1. The minimum Gasteiger partial charge on any atom is -0.343 e. The molecule has 2 amide bonds. The Hall–Kier alpha value is -1.10. The summed E-state index contributed by atoms with van der Waals surface area (Å²) in [5, 5.41) is 6.20. The molecule has 2 rings (SSSR count). The number of hydrogen-bond acceptors (Lipinski definition) is 3. The highest BCUT2D eigenvalue weighted by atomic mass is 16.2. The van der Waals surface area contributed by atoms with E-state index in [0.29, 0.717) is 13.1 Å². The molecule has 5 heteroatoms. The monoisotopic (exact) mass is 267 g/mol. The normalized spacial score (nSPS) is 23.5. The Balaban J connectivity index is 1.89. The van der Waals surface area contributed by atoms with Gasteiger partial charge in [0.2, 0.25) is 0 Å². The summed E-state index contributed by atoms with van der Waals surface area (Å²) in [4.78, 5) is 25.9. The smallest absolute Gasteiger partial charge is 0.311 e. The molecule has 1 saturated carbocycles. The van der Waals surface area contributed by atoms with E-state index in [1.807, 2.05) is 0 Å². The third kappa shape index (κ3) is 3.93. The topological polar surface area (TPSA) is 61.4 Å². The lowest BCUT2D eigenvalue weighted by molar-refractivity contribution is -0.146. The van der Waals surface area contributed by atoms with Crippen LogP contribution in [0.15, 0.2) is 0 Å². The van der Waals surface area contributed by atoms with Crippen molar-refractivity contribution in [1.82, 2.24) is 15.5 Å². The second-order valence-electron chi connectivity index (χ2n) is 5.97. The van der Waals surface area contributed by atoms with Gasteiger partial charge in [0.05, 0.1) is 0 Å². The number of amides is 2. The van der Waals surface area contributed by atoms with Crippen LogP contribution in [0.3, 0.4) is 0 Å². The van der Waals surface area contributed by atoms with Gasteiger partial charge in [0.15, 0.2) is 0 Å². The van der Waals surface area contributed by atoms with Crippen LogP contribution in [0.5, 0.6) is 0 Å². The predicted molar refractivity (Wildman–Crippen MR) is 73.7 cm³/mol. The number of nitrogens with zero attached hydrogens (tertiary/aromatic N) is 1. The van der Waals surface area contributed by atoms with Crippen LogP contribution < -0.4 is 10.6 Å². The quantitative estimate of drug-likeness (QED) is 0.686. The van der Waals surface area contributed by atoms with E-state index in [4.69, 9.17) is 0 Å². The van der Waals surface area contributed by atoms with Crippen molar-refractivity contribution < 1.29 is 9.59 Å². The summed E-state index contributed by atoms with van der Waals surface area (Å²) in [6.07, 6.45) is 6.38. The zero-order valence-corrected chi connectivity index (χ0v) is 11.8. The van der Waals surface area contributed by atoms with Crippen LogP contribution in [0.1, 0.15) is 45.4 Å². The van der Waals surface area contributed by atoms with E-state index in [1.165, 1.54) is 6.42 Å². The fraction of sp³-hybridized carbons (Fsp3) is 0.857. The fourth-order valence-electron chi connectivity index (χ4n) is 2.98. The first-order chi connectivity index (χ1) is 9.11. The summed E-state index contributed by atoms with van der Waals surface area (Å²) >= 11 is 0. The van der Waals surface area contributed by atoms with Crippen LogP contribution in [0.4, 0.5) is 0 Å². The molecule has 0 spiro atoms. The number of hydrogen-bond donors (Lipinski definition) is 2. The van der Waals surface area contributed by atoms with Gasteiger partial charge >= 0.3 is 11.8 Å². The summed E-state index contributed by atoms with van der Waals surface area (Å²) in [6.45, 7) is 5.06. The van der Waals surface area contributed by atoms with Crippen molar-refractivity contribution in [2.75, 3.05) is 26.2 Å². The first-order valence-electron chi connectivity index (χ1n) is 7.43. The van der Waals surface area contributed by atoms with Crippen molar-refractivity contribution in [3.63, 3.8) is 0 Å². The molecule has 0 aromatic carbocycles. The number of nitrogens with one attached hydrogen (secondary N) is 2. The van der Waals surface area contributed by atoms with E-state index < -0.39 is 5.91 Å². The maximum Gasteiger partial charge on any atom is 0.311 e. The zero-order chi connectivity index (χ0) is 13.7. The lowest BCUT2D eigenvalue weighted by Crippen LogP contribution is -2.53. The van der Waals surface area contributed by atoms with Crippen molar-refractivity contribution in [2.45, 2.75) is 51.0 Å². The molecule has 0 atom stereocenters. The molecule has 2 fully saturated rings. The van der Waals surface area contributed by atoms with Crippen molar-refractivity contribution >= 4 is 11.8 Å². The number of rotatable bonds is 1. The summed E-state index contributed by atoms with van der Waals surface area (Å²) in [6, 6.07) is 0. The molecule has 0 unspecified atom stereocenters. The van der Waals surface area contributed by atoms with Crippen LogP contribution in [-0.2, 0) is 9.59 Å². The molecule has 2 aliphatic rings. The third-order valence-electron chi connectivity index (χ3n) is 4.19. The molecule has 1 aliphatic carbocycles. The van der Waals surface area contributed by atoms with Crippen molar-refractivity contribution in [2.24, 2.45) is 0 Å². The number of carbonyl (C=O) groups is 2. The maximum atomic E-state index is 12.2. The van der Waals surface area contributed by atoms with Gasteiger partial charge in [-0.05, 0) is 32.7 Å². The summed E-state index contributed by atoms with van der Waals surface area (Å²) in [7, 11) is 0. The Bertz CT molecular complexity index is 330. The van der Waals surface area contributed by atoms with E-state index in [0.717, 1.165) is 45.2 Å². The highest BCUT2D eigenvalue weighted by Crippen LogP contribution is 2.27. The average Bonchev–Trinajstić information content (AvgIpc) is 2.67. The second kappa shape index (κ2) is 6.37. The zero-order valence-electron chi connectivity index (χ0n) is 11.8. The summed E-state index contributed by atoms with van der Waals surface area (Å²) in [5.41, 5.74) is -0.185. The van der Waals surface area contributed by atoms with Crippen LogP contribution in [0.25, 0.3) is 0 Å². The minimum atomic E-state index is -0.425. The summed E-state index contributed by atoms with van der Waals surface area (Å²) in [5.74, 6) is -0.790. The highest BCUT2D eigenvalue weighted by molar-refractivity contribution is 6.35. The van der Waals surface area contributed by atoms with Gasteiger partial charge in [-0.25, -0.2) is 0 Å². The third-order valence-corrected chi connectivity index (χ3v) is 4.19. The van der Waals surface area contributed by atoms with Crippen molar-refractivity contribution in [3.05, 3.63) is 0 Å². The number of carbonyl (C=O) groups excluding carboxylic acids is 2.